The molecule has 0 aromatic carbocycles. The Morgan fingerprint density at radius 3 is 2.33 bits per heavy atom. The van der Waals surface area contributed by atoms with Gasteiger partial charge >= 0.3 is 0 Å². The molecule has 0 amide bonds. The van der Waals surface area contributed by atoms with Gasteiger partial charge in [-0.2, -0.15) is 0 Å². The first kappa shape index (κ1) is 11.6. The molecule has 0 unspecified atom stereocenters. The Hall–Kier alpha value is -0.380. The fourth-order valence-electron chi connectivity index (χ4n) is 0.798. The van der Waals surface area contributed by atoms with Crippen molar-refractivity contribution in [3.05, 3.63) is 12.7 Å². The summed E-state index contributed by atoms with van der Waals surface area (Å²) >= 11 is 0. The largest absolute Gasteiger partial charge is 0.389 e. The van der Waals surface area contributed by atoms with E-state index in [4.69, 9.17) is 5.11 Å². The van der Waals surface area contributed by atoms with E-state index in [-0.39, 0.29) is 0 Å². The van der Waals surface area contributed by atoms with Gasteiger partial charge in [-0.05, 0) is 12.5 Å². The van der Waals surface area contributed by atoms with Crippen LogP contribution in [-0.4, -0.2) is 35.5 Å². The van der Waals surface area contributed by atoms with Crippen LogP contribution in [0.4, 0.5) is 0 Å². The highest BCUT2D eigenvalue weighted by molar-refractivity contribution is 4.85. The smallest absolute Gasteiger partial charge is 0.0989 e. The van der Waals surface area contributed by atoms with E-state index in [1.54, 1.807) is 0 Å². The van der Waals surface area contributed by atoms with Crippen LogP contribution in [0.25, 0.3) is 0 Å². The number of hydrogen-bond donors (Lipinski definition) is 3. The Balaban J connectivity index is 3.43. The lowest BCUT2D eigenvalue weighted by atomic mass is 10.2. The van der Waals surface area contributed by atoms with Crippen LogP contribution in [0, 0.1) is 5.92 Å². The van der Waals surface area contributed by atoms with Crippen molar-refractivity contribution in [2.75, 3.05) is 13.1 Å². The van der Waals surface area contributed by atoms with E-state index >= 15 is 0 Å². The zero-order valence-electron chi connectivity index (χ0n) is 7.83. The number of aliphatic hydroxyl groups excluding tert-OH is 2. The number of aliphatic hydroxyl groups is 2. The van der Waals surface area contributed by atoms with Crippen LogP contribution < -0.4 is 5.32 Å². The molecule has 12 heavy (non-hydrogen) atoms. The average Bonchev–Trinajstić information content (AvgIpc) is 2.02. The van der Waals surface area contributed by atoms with Gasteiger partial charge in [0.2, 0.25) is 0 Å². The summed E-state index contributed by atoms with van der Waals surface area (Å²) in [5.74, 6) is 0.554. The van der Waals surface area contributed by atoms with Crippen LogP contribution >= 0.6 is 0 Å². The molecule has 0 aliphatic carbocycles. The lowest BCUT2D eigenvalue weighted by Crippen LogP contribution is -2.36. The summed E-state index contributed by atoms with van der Waals surface area (Å²) in [4.78, 5) is 0. The van der Waals surface area contributed by atoms with E-state index in [1.165, 1.54) is 6.08 Å². The normalized spacial score (nSPS) is 16.1. The first-order chi connectivity index (χ1) is 5.57. The lowest BCUT2D eigenvalue weighted by molar-refractivity contribution is 0.0489. The molecule has 0 aliphatic rings. The summed E-state index contributed by atoms with van der Waals surface area (Å²) < 4.78 is 0. The second kappa shape index (κ2) is 6.17. The first-order valence-corrected chi connectivity index (χ1v) is 4.27. The van der Waals surface area contributed by atoms with Gasteiger partial charge in [0.15, 0.2) is 0 Å². The van der Waals surface area contributed by atoms with Gasteiger partial charge in [0.1, 0.15) is 0 Å². The maximum Gasteiger partial charge on any atom is 0.0989 e. The molecule has 0 rings (SSSR count). The van der Waals surface area contributed by atoms with Crippen molar-refractivity contribution in [1.29, 1.82) is 0 Å². The van der Waals surface area contributed by atoms with Gasteiger partial charge in [-0.25, -0.2) is 0 Å². The van der Waals surface area contributed by atoms with Gasteiger partial charge in [-0.15, -0.1) is 6.58 Å². The van der Waals surface area contributed by atoms with Crippen molar-refractivity contribution in [2.24, 2.45) is 5.92 Å². The quantitative estimate of drug-likeness (QED) is 0.501. The molecule has 3 nitrogen and oxygen atoms in total. The summed E-state index contributed by atoms with van der Waals surface area (Å²) in [6, 6.07) is 0. The van der Waals surface area contributed by atoms with E-state index in [1.807, 2.05) is 0 Å². The van der Waals surface area contributed by atoms with Crippen LogP contribution in [0.2, 0.25) is 0 Å². The molecule has 3 heteroatoms. The van der Waals surface area contributed by atoms with E-state index in [9.17, 15) is 5.11 Å². The molecule has 3 N–H and O–H groups in total. The maximum atomic E-state index is 9.25. The van der Waals surface area contributed by atoms with Crippen LogP contribution in [-0.2, 0) is 0 Å². The summed E-state index contributed by atoms with van der Waals surface area (Å²) in [7, 11) is 0. The van der Waals surface area contributed by atoms with Gasteiger partial charge < -0.3 is 15.5 Å². The van der Waals surface area contributed by atoms with Crippen molar-refractivity contribution in [3.8, 4) is 0 Å². The van der Waals surface area contributed by atoms with E-state index < -0.39 is 12.2 Å². The summed E-state index contributed by atoms with van der Waals surface area (Å²) in [6.45, 7) is 8.82. The number of nitrogens with one attached hydrogen (secondary N) is 1. The fraction of sp³-hybridized carbons (Fsp3) is 0.778. The fourth-order valence-corrected chi connectivity index (χ4v) is 0.798. The molecule has 0 aromatic heterocycles. The van der Waals surface area contributed by atoms with Gasteiger partial charge in [0.25, 0.3) is 0 Å². The second-order valence-corrected chi connectivity index (χ2v) is 3.35. The third kappa shape index (κ3) is 5.29. The van der Waals surface area contributed by atoms with Crippen molar-refractivity contribution >= 4 is 0 Å². The van der Waals surface area contributed by atoms with Crippen LogP contribution in [0.3, 0.4) is 0 Å². The predicted molar refractivity (Wildman–Crippen MR) is 49.9 cm³/mol. The summed E-state index contributed by atoms with van der Waals surface area (Å²) in [6.07, 6.45) is -0.243. The Morgan fingerprint density at radius 2 is 1.92 bits per heavy atom. The highest BCUT2D eigenvalue weighted by Gasteiger charge is 2.11. The molecule has 0 heterocycles. The minimum atomic E-state index is -0.829. The Bertz CT molecular complexity index is 126. The van der Waals surface area contributed by atoms with Gasteiger partial charge in [0, 0.05) is 6.54 Å². The molecular weight excluding hydrogens is 154 g/mol. The highest BCUT2D eigenvalue weighted by atomic mass is 16.3. The topological polar surface area (TPSA) is 52.5 Å². The van der Waals surface area contributed by atoms with Gasteiger partial charge in [-0.3, -0.25) is 0 Å². The van der Waals surface area contributed by atoms with Crippen LogP contribution in [0.5, 0.6) is 0 Å². The van der Waals surface area contributed by atoms with E-state index in [0.717, 1.165) is 6.54 Å². The van der Waals surface area contributed by atoms with Gasteiger partial charge in [0.05, 0.1) is 12.2 Å². The standard InChI is InChI=1S/C9H19NO2/c1-4-8(11)9(12)6-10-5-7(2)3/h4,7-12H,1,5-6H2,2-3H3/t8-,9+/m0/s1. The number of hydrogen-bond acceptors (Lipinski definition) is 3. The zero-order chi connectivity index (χ0) is 9.56. The molecular formula is C9H19NO2. The molecule has 0 saturated carbocycles. The Labute approximate surface area is 74.1 Å². The molecule has 2 atom stereocenters. The average molecular weight is 173 g/mol. The third-order valence-electron chi connectivity index (χ3n) is 1.54. The summed E-state index contributed by atoms with van der Waals surface area (Å²) in [5.41, 5.74) is 0. The molecule has 0 bridgehead atoms. The lowest BCUT2D eigenvalue weighted by Gasteiger charge is -2.15. The minimum Gasteiger partial charge on any atom is -0.389 e. The third-order valence-corrected chi connectivity index (χ3v) is 1.54. The van der Waals surface area contributed by atoms with Crippen molar-refractivity contribution in [1.82, 2.24) is 5.32 Å². The first-order valence-electron chi connectivity index (χ1n) is 4.27. The zero-order valence-corrected chi connectivity index (χ0v) is 7.83. The molecule has 0 aliphatic heterocycles. The minimum absolute atomic E-state index is 0.408. The molecule has 0 aromatic rings. The molecule has 0 spiro atoms. The molecule has 0 fully saturated rings. The van der Waals surface area contributed by atoms with Crippen molar-refractivity contribution in [3.63, 3.8) is 0 Å². The SMILES string of the molecule is C=C[C@H](O)[C@H](O)CNCC(C)C. The van der Waals surface area contributed by atoms with Crippen LogP contribution in [0.15, 0.2) is 12.7 Å². The maximum absolute atomic E-state index is 9.25. The van der Waals surface area contributed by atoms with E-state index in [0.29, 0.717) is 12.5 Å². The monoisotopic (exact) mass is 173 g/mol. The van der Waals surface area contributed by atoms with E-state index in [2.05, 4.69) is 25.7 Å². The Morgan fingerprint density at radius 1 is 1.33 bits per heavy atom. The van der Waals surface area contributed by atoms with Crippen LogP contribution in [0.1, 0.15) is 13.8 Å². The Kier molecular flexibility index (Phi) is 5.98. The highest BCUT2D eigenvalue weighted by Crippen LogP contribution is 1.93. The van der Waals surface area contributed by atoms with Gasteiger partial charge in [-0.1, -0.05) is 19.9 Å². The predicted octanol–water partition coefficient (Wildman–Crippen LogP) is 0.140. The second-order valence-electron chi connectivity index (χ2n) is 3.35. The molecule has 0 radical (unpaired) electrons. The summed E-state index contributed by atoms with van der Waals surface area (Å²) in [5, 5.41) is 21.4. The molecule has 0 saturated heterocycles. The van der Waals surface area contributed by atoms with Crippen molar-refractivity contribution < 1.29 is 10.2 Å². The van der Waals surface area contributed by atoms with Crippen molar-refractivity contribution in [2.45, 2.75) is 26.1 Å². The molecule has 72 valence electrons. The number of rotatable bonds is 6.